The van der Waals surface area contributed by atoms with Crippen LogP contribution in [0.25, 0.3) is 0 Å². The van der Waals surface area contributed by atoms with Crippen LogP contribution in [-0.4, -0.2) is 41.1 Å². The predicted octanol–water partition coefficient (Wildman–Crippen LogP) is 4.12. The molecule has 0 bridgehead atoms. The quantitative estimate of drug-likeness (QED) is 0.809. The third-order valence-corrected chi connectivity index (χ3v) is 5.88. The van der Waals surface area contributed by atoms with Crippen LogP contribution in [-0.2, 0) is 15.7 Å². The van der Waals surface area contributed by atoms with E-state index >= 15 is 0 Å². The molecule has 1 aromatic carbocycles. The first-order chi connectivity index (χ1) is 13.7. The molecular weight excluding hydrogens is 385 g/mol. The highest BCUT2D eigenvalue weighted by molar-refractivity contribution is 5.99. The second kappa shape index (κ2) is 8.34. The molecule has 1 heterocycles. The third kappa shape index (κ3) is 4.27. The molecule has 1 aliphatic carbocycles. The molecule has 2 amide bonds. The largest absolute Gasteiger partial charge is 0.417 e. The van der Waals surface area contributed by atoms with Crippen LogP contribution in [0.2, 0.25) is 0 Å². The number of hydrogen-bond acceptors (Lipinski definition) is 3. The maximum atomic E-state index is 13.5. The minimum atomic E-state index is -4.67. The second-order valence-corrected chi connectivity index (χ2v) is 7.87. The third-order valence-electron chi connectivity index (χ3n) is 5.88. The normalized spacial score (nSPS) is 22.5. The Morgan fingerprint density at radius 2 is 1.90 bits per heavy atom. The van der Waals surface area contributed by atoms with Gasteiger partial charge in [0.1, 0.15) is 11.8 Å². The van der Waals surface area contributed by atoms with Crippen LogP contribution in [0.3, 0.4) is 0 Å². The summed E-state index contributed by atoms with van der Waals surface area (Å²) < 4.78 is 46.5. The molecule has 3 rings (SSSR count). The number of hydrogen-bond donors (Lipinski definition) is 1. The molecule has 1 saturated heterocycles. The second-order valence-electron chi connectivity index (χ2n) is 7.87. The summed E-state index contributed by atoms with van der Waals surface area (Å²) in [7, 11) is 0. The van der Waals surface area contributed by atoms with Crippen LogP contribution >= 0.6 is 0 Å². The first-order valence-corrected chi connectivity index (χ1v) is 10.1. The van der Waals surface area contributed by atoms with Crippen LogP contribution in [0.5, 0.6) is 0 Å². The van der Waals surface area contributed by atoms with Crippen LogP contribution < -0.4 is 5.32 Å². The molecule has 1 N–H and O–H groups in total. The van der Waals surface area contributed by atoms with Gasteiger partial charge in [-0.3, -0.25) is 14.5 Å². The Kier molecular flexibility index (Phi) is 6.22. The van der Waals surface area contributed by atoms with Crippen molar-refractivity contribution in [1.29, 1.82) is 0 Å². The molecule has 2 fully saturated rings. The lowest BCUT2D eigenvalue weighted by molar-refractivity contribution is -0.138. The average molecular weight is 412 g/mol. The van der Waals surface area contributed by atoms with E-state index in [9.17, 15) is 22.8 Å². The van der Waals surface area contributed by atoms with Gasteiger partial charge >= 0.3 is 6.18 Å². The molecule has 5 nitrogen and oxygen atoms in total. The molecule has 1 aliphatic heterocycles. The van der Waals surface area contributed by atoms with E-state index in [0.717, 1.165) is 25.3 Å². The number of carbonyl (C=O) groups excluding carboxylic acids is 2. The molecular formula is C21H27F3N2O3. The highest BCUT2D eigenvalue weighted by Crippen LogP contribution is 2.42. The zero-order valence-corrected chi connectivity index (χ0v) is 16.7. The molecule has 2 atom stereocenters. The van der Waals surface area contributed by atoms with Gasteiger partial charge in [-0.15, -0.1) is 0 Å². The minimum Gasteiger partial charge on any atom is -0.353 e. The average Bonchev–Trinajstić information content (AvgIpc) is 3.05. The fourth-order valence-electron chi connectivity index (χ4n) is 4.16. The maximum Gasteiger partial charge on any atom is 0.417 e. The monoisotopic (exact) mass is 412 g/mol. The SMILES string of the molecule is CCC(C)NC(=O)C1COC2(CCCCC2)N1C(=O)c1ccccc1C(F)(F)F. The molecule has 1 aromatic rings. The Labute approximate surface area is 168 Å². The van der Waals surface area contributed by atoms with Crippen molar-refractivity contribution in [2.24, 2.45) is 0 Å². The van der Waals surface area contributed by atoms with Crippen LogP contribution in [0.4, 0.5) is 13.2 Å². The molecule has 0 radical (unpaired) electrons. The Hall–Kier alpha value is -2.09. The van der Waals surface area contributed by atoms with Crippen molar-refractivity contribution in [2.45, 2.75) is 76.4 Å². The van der Waals surface area contributed by atoms with Crippen molar-refractivity contribution >= 4 is 11.8 Å². The van der Waals surface area contributed by atoms with Crippen molar-refractivity contribution in [3.8, 4) is 0 Å². The standard InChI is InChI=1S/C21H27F3N2O3/c1-3-14(2)25-18(27)17-13-29-20(11-7-4-8-12-20)26(17)19(28)15-9-5-6-10-16(15)21(22,23)24/h5-6,9-10,14,17H,3-4,7-8,11-13H2,1-2H3,(H,25,27). The number of rotatable bonds is 4. The summed E-state index contributed by atoms with van der Waals surface area (Å²) in [6.45, 7) is 3.75. The summed E-state index contributed by atoms with van der Waals surface area (Å²) >= 11 is 0. The van der Waals surface area contributed by atoms with Gasteiger partial charge in [0.25, 0.3) is 5.91 Å². The van der Waals surface area contributed by atoms with Gasteiger partial charge in [-0.05, 0) is 51.2 Å². The number of nitrogens with zero attached hydrogens (tertiary/aromatic N) is 1. The number of amides is 2. The summed E-state index contributed by atoms with van der Waals surface area (Å²) in [4.78, 5) is 27.6. The van der Waals surface area contributed by atoms with Gasteiger partial charge in [0.2, 0.25) is 5.91 Å². The van der Waals surface area contributed by atoms with Crippen molar-refractivity contribution in [1.82, 2.24) is 10.2 Å². The molecule has 1 spiro atoms. The number of benzene rings is 1. The first kappa shape index (κ1) is 21.6. The number of halogens is 3. The van der Waals surface area contributed by atoms with Crippen LogP contribution in [0, 0.1) is 0 Å². The van der Waals surface area contributed by atoms with E-state index in [-0.39, 0.29) is 18.6 Å². The minimum absolute atomic E-state index is 0.0117. The van der Waals surface area contributed by atoms with Gasteiger partial charge in [-0.25, -0.2) is 0 Å². The van der Waals surface area contributed by atoms with Gasteiger partial charge in [-0.2, -0.15) is 13.2 Å². The van der Waals surface area contributed by atoms with E-state index in [1.807, 2.05) is 13.8 Å². The summed E-state index contributed by atoms with van der Waals surface area (Å²) in [6, 6.07) is 3.67. The number of ether oxygens (including phenoxy) is 1. The predicted molar refractivity (Wildman–Crippen MR) is 101 cm³/mol. The zero-order chi connectivity index (χ0) is 21.2. The molecule has 0 aromatic heterocycles. The molecule has 2 unspecified atom stereocenters. The summed E-state index contributed by atoms with van der Waals surface area (Å²) in [6.07, 6.45) is -0.374. The smallest absolute Gasteiger partial charge is 0.353 e. The van der Waals surface area contributed by atoms with Crippen molar-refractivity contribution < 1.29 is 27.5 Å². The lowest BCUT2D eigenvalue weighted by atomic mass is 9.89. The lowest BCUT2D eigenvalue weighted by Gasteiger charge is -2.41. The van der Waals surface area contributed by atoms with E-state index in [1.54, 1.807) is 0 Å². The summed E-state index contributed by atoms with van der Waals surface area (Å²) in [5, 5.41) is 2.84. The molecule has 29 heavy (non-hydrogen) atoms. The number of carbonyl (C=O) groups is 2. The topological polar surface area (TPSA) is 58.6 Å². The van der Waals surface area contributed by atoms with E-state index in [4.69, 9.17) is 4.74 Å². The van der Waals surface area contributed by atoms with Gasteiger partial charge in [-0.1, -0.05) is 25.5 Å². The summed E-state index contributed by atoms with van der Waals surface area (Å²) in [5.74, 6) is -1.19. The van der Waals surface area contributed by atoms with Gasteiger partial charge in [0.05, 0.1) is 17.7 Å². The Bertz CT molecular complexity index is 760. The highest BCUT2D eigenvalue weighted by Gasteiger charge is 2.53. The van der Waals surface area contributed by atoms with Crippen LogP contribution in [0.1, 0.15) is 68.3 Å². The molecule has 1 saturated carbocycles. The number of nitrogens with one attached hydrogen (secondary N) is 1. The Morgan fingerprint density at radius 1 is 1.24 bits per heavy atom. The first-order valence-electron chi connectivity index (χ1n) is 10.1. The van der Waals surface area contributed by atoms with Gasteiger partial charge < -0.3 is 10.1 Å². The maximum absolute atomic E-state index is 13.5. The van der Waals surface area contributed by atoms with Gasteiger partial charge in [0.15, 0.2) is 0 Å². The van der Waals surface area contributed by atoms with Crippen molar-refractivity contribution in [2.75, 3.05) is 6.61 Å². The van der Waals surface area contributed by atoms with E-state index in [1.165, 1.54) is 23.1 Å². The molecule has 8 heteroatoms. The Balaban J connectivity index is 2.00. The van der Waals surface area contributed by atoms with Crippen molar-refractivity contribution in [3.63, 3.8) is 0 Å². The fourth-order valence-corrected chi connectivity index (χ4v) is 4.16. The van der Waals surface area contributed by atoms with E-state index < -0.39 is 35.0 Å². The van der Waals surface area contributed by atoms with E-state index in [2.05, 4.69) is 5.32 Å². The number of alkyl halides is 3. The fraction of sp³-hybridized carbons (Fsp3) is 0.619. The molecule has 2 aliphatic rings. The molecule has 160 valence electrons. The highest BCUT2D eigenvalue weighted by atomic mass is 19.4. The van der Waals surface area contributed by atoms with Gasteiger partial charge in [0, 0.05) is 6.04 Å². The summed E-state index contributed by atoms with van der Waals surface area (Å²) in [5.41, 5.74) is -2.47. The van der Waals surface area contributed by atoms with Crippen molar-refractivity contribution in [3.05, 3.63) is 35.4 Å². The lowest BCUT2D eigenvalue weighted by Crippen LogP contribution is -2.57. The van der Waals surface area contributed by atoms with E-state index in [0.29, 0.717) is 19.3 Å². The zero-order valence-electron chi connectivity index (χ0n) is 16.7. The Morgan fingerprint density at radius 3 is 2.52 bits per heavy atom. The van der Waals surface area contributed by atoms with Crippen LogP contribution in [0.15, 0.2) is 24.3 Å².